The van der Waals surface area contributed by atoms with Gasteiger partial charge in [-0.15, -0.1) is 0 Å². The van der Waals surface area contributed by atoms with E-state index in [1.165, 1.54) is 12.1 Å². The van der Waals surface area contributed by atoms with E-state index in [9.17, 15) is 18.5 Å². The summed E-state index contributed by atoms with van der Waals surface area (Å²) in [7, 11) is -1.58. The van der Waals surface area contributed by atoms with E-state index in [-0.39, 0.29) is 17.4 Å². The van der Waals surface area contributed by atoms with Crippen molar-refractivity contribution in [2.45, 2.75) is 17.9 Å². The monoisotopic (exact) mass is 478 g/mol. The van der Waals surface area contributed by atoms with Gasteiger partial charge in [-0.1, -0.05) is 30.3 Å². The molecule has 0 fully saturated rings. The van der Waals surface area contributed by atoms with Crippen molar-refractivity contribution in [1.29, 1.82) is 5.26 Å². The number of nitriles is 1. The number of nitrogens with zero attached hydrogens (tertiary/aromatic N) is 2. The molecule has 0 aliphatic heterocycles. The summed E-state index contributed by atoms with van der Waals surface area (Å²) in [6.07, 6.45) is 1.73. The normalized spacial score (nSPS) is 10.9. The minimum atomic E-state index is -3.30. The van der Waals surface area contributed by atoms with Crippen molar-refractivity contribution in [3.05, 3.63) is 89.5 Å². The Kier molecular flexibility index (Phi) is 8.28. The zero-order valence-electron chi connectivity index (χ0n) is 19.1. The van der Waals surface area contributed by atoms with Crippen LogP contribution >= 0.6 is 0 Å². The molecular weight excluding hydrogens is 452 g/mol. The molecule has 0 radical (unpaired) electrons. The molecule has 34 heavy (non-hydrogen) atoms. The smallest absolute Gasteiger partial charge is 0.253 e. The van der Waals surface area contributed by atoms with Crippen molar-refractivity contribution >= 4 is 15.7 Å². The Balaban J connectivity index is 1.51. The maximum atomic E-state index is 12.8. The molecule has 8 heteroatoms. The fourth-order valence-corrected chi connectivity index (χ4v) is 3.90. The van der Waals surface area contributed by atoms with Gasteiger partial charge in [0.1, 0.15) is 18.1 Å². The Bertz CT molecular complexity index is 1300. The summed E-state index contributed by atoms with van der Waals surface area (Å²) in [4.78, 5) is 14.6. The molecule has 3 rings (SSSR count). The molecule has 0 aromatic heterocycles. The van der Waals surface area contributed by atoms with Gasteiger partial charge in [-0.2, -0.15) is 5.26 Å². The largest absolute Gasteiger partial charge is 0.493 e. The second-order valence-electron chi connectivity index (χ2n) is 7.76. The first-order valence-electron chi connectivity index (χ1n) is 10.7. The fourth-order valence-electron chi connectivity index (χ4n) is 3.24. The lowest BCUT2D eigenvalue weighted by Gasteiger charge is -2.18. The van der Waals surface area contributed by atoms with Crippen LogP contribution in [0.1, 0.15) is 27.9 Å². The highest BCUT2D eigenvalue weighted by atomic mass is 32.2. The number of carbonyl (C=O) groups excluding carboxylic acids is 1. The maximum absolute atomic E-state index is 12.8. The van der Waals surface area contributed by atoms with Gasteiger partial charge < -0.3 is 14.4 Å². The molecule has 0 aliphatic carbocycles. The molecule has 0 unspecified atom stereocenters. The van der Waals surface area contributed by atoms with Gasteiger partial charge in [-0.3, -0.25) is 4.79 Å². The molecular formula is C26H26N2O5S. The van der Waals surface area contributed by atoms with Crippen molar-refractivity contribution in [1.82, 2.24) is 4.90 Å². The Labute approximate surface area is 200 Å². The zero-order chi connectivity index (χ0) is 24.6. The van der Waals surface area contributed by atoms with Gasteiger partial charge in [0.2, 0.25) is 0 Å². The minimum absolute atomic E-state index is 0.151. The van der Waals surface area contributed by atoms with Gasteiger partial charge in [0.25, 0.3) is 5.91 Å². The summed E-state index contributed by atoms with van der Waals surface area (Å²) in [6, 6.07) is 22.6. The van der Waals surface area contributed by atoms with Crippen molar-refractivity contribution in [3.8, 4) is 17.6 Å². The predicted molar refractivity (Wildman–Crippen MR) is 129 cm³/mol. The summed E-state index contributed by atoms with van der Waals surface area (Å²) in [5, 5.41) is 9.20. The Hall–Kier alpha value is -3.83. The van der Waals surface area contributed by atoms with Crippen LogP contribution in [0.25, 0.3) is 0 Å². The topological polar surface area (TPSA) is 96.7 Å². The van der Waals surface area contributed by atoms with Gasteiger partial charge in [0.05, 0.1) is 23.1 Å². The molecule has 0 bridgehead atoms. The number of carbonyl (C=O) groups is 1. The van der Waals surface area contributed by atoms with E-state index in [0.717, 1.165) is 11.8 Å². The molecule has 0 N–H and O–H groups in total. The summed E-state index contributed by atoms with van der Waals surface area (Å²) >= 11 is 0. The van der Waals surface area contributed by atoms with E-state index in [1.807, 2.05) is 12.1 Å². The number of ether oxygens (including phenoxy) is 2. The van der Waals surface area contributed by atoms with Crippen LogP contribution in [-0.2, 0) is 16.4 Å². The van der Waals surface area contributed by atoms with E-state index in [2.05, 4.69) is 6.07 Å². The third-order valence-corrected chi connectivity index (χ3v) is 6.21. The third-order valence-electron chi connectivity index (χ3n) is 5.10. The van der Waals surface area contributed by atoms with Gasteiger partial charge in [0.15, 0.2) is 9.84 Å². The average Bonchev–Trinajstić information content (AvgIpc) is 2.84. The first-order chi connectivity index (χ1) is 16.3. The number of rotatable bonds is 10. The summed E-state index contributed by atoms with van der Waals surface area (Å²) < 4.78 is 34.8. The lowest BCUT2D eigenvalue weighted by atomic mass is 10.1. The second kappa shape index (κ2) is 11.3. The fraction of sp³-hybridized carbons (Fsp3) is 0.231. The highest BCUT2D eigenvalue weighted by Crippen LogP contribution is 2.19. The van der Waals surface area contributed by atoms with Crippen LogP contribution in [0.5, 0.6) is 11.5 Å². The lowest BCUT2D eigenvalue weighted by molar-refractivity contribution is 0.0787. The number of amides is 1. The van der Waals surface area contributed by atoms with Crippen LogP contribution in [0.3, 0.4) is 0 Å². The molecule has 0 saturated carbocycles. The van der Waals surface area contributed by atoms with Crippen molar-refractivity contribution < 1.29 is 22.7 Å². The number of hydrogen-bond acceptors (Lipinski definition) is 6. The second-order valence-corrected chi connectivity index (χ2v) is 9.78. The van der Waals surface area contributed by atoms with Crippen molar-refractivity contribution in [3.63, 3.8) is 0 Å². The molecule has 176 valence electrons. The zero-order valence-corrected chi connectivity index (χ0v) is 19.9. The van der Waals surface area contributed by atoms with Gasteiger partial charge in [-0.25, -0.2) is 8.42 Å². The molecule has 0 atom stereocenters. The van der Waals surface area contributed by atoms with Gasteiger partial charge in [-0.05, 0) is 48.9 Å². The standard InChI is InChI=1S/C26H26N2O5S/c1-28(14-7-15-32-24-12-6-13-25(17-24)34(2,30)31)26(29)20-10-5-11-23(16-20)33-19-22-9-4-3-8-21(22)18-27/h3-6,8-13,16-17H,7,14-15,19H2,1-2H3. The molecule has 7 nitrogen and oxygen atoms in total. The van der Waals surface area contributed by atoms with Gasteiger partial charge >= 0.3 is 0 Å². The molecule has 3 aromatic carbocycles. The predicted octanol–water partition coefficient (Wildman–Crippen LogP) is 4.08. The van der Waals surface area contributed by atoms with E-state index in [1.54, 1.807) is 60.5 Å². The number of hydrogen-bond donors (Lipinski definition) is 0. The van der Waals surface area contributed by atoms with Crippen molar-refractivity contribution in [2.24, 2.45) is 0 Å². The average molecular weight is 479 g/mol. The lowest BCUT2D eigenvalue weighted by Crippen LogP contribution is -2.28. The summed E-state index contributed by atoms with van der Waals surface area (Å²) in [5.74, 6) is 0.864. The van der Waals surface area contributed by atoms with E-state index in [0.29, 0.717) is 42.2 Å². The molecule has 0 saturated heterocycles. The minimum Gasteiger partial charge on any atom is -0.493 e. The molecule has 1 amide bonds. The summed E-state index contributed by atoms with van der Waals surface area (Å²) in [5.41, 5.74) is 1.83. The Morgan fingerprint density at radius 1 is 0.971 bits per heavy atom. The quantitative estimate of drug-likeness (QED) is 0.407. The SMILES string of the molecule is CN(CCCOc1cccc(S(C)(=O)=O)c1)C(=O)c1cccc(OCc2ccccc2C#N)c1. The number of benzene rings is 3. The first-order valence-corrected chi connectivity index (χ1v) is 12.6. The first kappa shape index (κ1) is 24.8. The molecule has 3 aromatic rings. The van der Waals surface area contributed by atoms with Gasteiger partial charge in [0, 0.05) is 31.0 Å². The van der Waals surface area contributed by atoms with Crippen LogP contribution in [0.15, 0.2) is 77.7 Å². The van der Waals surface area contributed by atoms with Crippen LogP contribution in [0.2, 0.25) is 0 Å². The molecule has 0 heterocycles. The number of sulfone groups is 1. The highest BCUT2D eigenvalue weighted by molar-refractivity contribution is 7.90. The third kappa shape index (κ3) is 6.83. The molecule has 0 aliphatic rings. The molecule has 0 spiro atoms. The van der Waals surface area contributed by atoms with Crippen LogP contribution in [0.4, 0.5) is 0 Å². The van der Waals surface area contributed by atoms with E-state index < -0.39 is 9.84 Å². The van der Waals surface area contributed by atoms with Crippen molar-refractivity contribution in [2.75, 3.05) is 26.5 Å². The Morgan fingerprint density at radius 3 is 2.41 bits per heavy atom. The summed E-state index contributed by atoms with van der Waals surface area (Å²) in [6.45, 7) is 1.03. The van der Waals surface area contributed by atoms with Crippen LogP contribution < -0.4 is 9.47 Å². The highest BCUT2D eigenvalue weighted by Gasteiger charge is 2.13. The van der Waals surface area contributed by atoms with E-state index >= 15 is 0 Å². The Morgan fingerprint density at radius 2 is 1.68 bits per heavy atom. The van der Waals surface area contributed by atoms with Crippen LogP contribution in [0, 0.1) is 11.3 Å². The maximum Gasteiger partial charge on any atom is 0.253 e. The van der Waals surface area contributed by atoms with Crippen LogP contribution in [-0.4, -0.2) is 45.7 Å². The van der Waals surface area contributed by atoms with E-state index in [4.69, 9.17) is 9.47 Å².